The van der Waals surface area contributed by atoms with Gasteiger partial charge in [0.1, 0.15) is 0 Å². The topological polar surface area (TPSA) is 50.2 Å². The lowest BCUT2D eigenvalue weighted by molar-refractivity contribution is 0.0765. The van der Waals surface area contributed by atoms with Crippen molar-refractivity contribution in [3.05, 3.63) is 46.7 Å². The van der Waals surface area contributed by atoms with Gasteiger partial charge in [-0.3, -0.25) is 4.79 Å². The van der Waals surface area contributed by atoms with Gasteiger partial charge in [0, 0.05) is 19.6 Å². The zero-order valence-electron chi connectivity index (χ0n) is 12.6. The normalized spacial score (nSPS) is 15.6. The fraction of sp³-hybridized carbons (Fsp3) is 0.375. The number of hydrogen-bond donors (Lipinski definition) is 1. The molecule has 0 atom stereocenters. The number of aromatic nitrogens is 2. The Balaban J connectivity index is 1.90. The molecule has 1 aliphatic rings. The molecule has 6 heteroatoms. The summed E-state index contributed by atoms with van der Waals surface area (Å²) in [5.74, 6) is 0.0412. The number of carbonyl (C=O) groups is 1. The Labute approximate surface area is 134 Å². The monoisotopic (exact) mass is 318 g/mol. The molecule has 0 saturated carbocycles. The lowest BCUT2D eigenvalue weighted by Crippen LogP contribution is -2.34. The van der Waals surface area contributed by atoms with Crippen LogP contribution in [-0.4, -0.2) is 46.8 Å². The van der Waals surface area contributed by atoms with E-state index in [2.05, 4.69) is 10.4 Å². The summed E-state index contributed by atoms with van der Waals surface area (Å²) >= 11 is 6.23. The molecular formula is C16H19ClN4O. The van der Waals surface area contributed by atoms with E-state index in [0.717, 1.165) is 44.0 Å². The Bertz CT molecular complexity index is 675. The summed E-state index contributed by atoms with van der Waals surface area (Å²) in [6, 6.07) is 7.50. The van der Waals surface area contributed by atoms with Gasteiger partial charge in [0.2, 0.25) is 0 Å². The van der Waals surface area contributed by atoms with Gasteiger partial charge in [0.25, 0.3) is 5.91 Å². The van der Waals surface area contributed by atoms with Crippen LogP contribution in [0.2, 0.25) is 5.02 Å². The second-order valence-corrected chi connectivity index (χ2v) is 5.81. The third kappa shape index (κ3) is 2.87. The number of carbonyl (C=O) groups excluding carboxylic acids is 1. The van der Waals surface area contributed by atoms with Gasteiger partial charge in [-0.25, -0.2) is 4.68 Å². The highest BCUT2D eigenvalue weighted by Gasteiger charge is 2.22. The van der Waals surface area contributed by atoms with Gasteiger partial charge in [-0.15, -0.1) is 0 Å². The molecule has 22 heavy (non-hydrogen) atoms. The molecule has 3 rings (SSSR count). The Kier molecular flexibility index (Phi) is 4.45. The van der Waals surface area contributed by atoms with Crippen molar-refractivity contribution in [3.63, 3.8) is 0 Å². The molecule has 0 spiro atoms. The standard InChI is InChI=1S/C16H19ClN4O/c1-12-13(16(22)20-9-4-7-18-8-10-20)11-19-21(12)15-6-3-2-5-14(15)17/h2-3,5-6,11,18H,4,7-10H2,1H3. The average Bonchev–Trinajstić information content (AvgIpc) is 2.75. The fourth-order valence-electron chi connectivity index (χ4n) is 2.71. The SMILES string of the molecule is Cc1c(C(=O)N2CCCNCC2)cnn1-c1ccccc1Cl. The first-order valence-electron chi connectivity index (χ1n) is 7.48. The van der Waals surface area contributed by atoms with E-state index in [1.807, 2.05) is 36.1 Å². The van der Waals surface area contributed by atoms with Gasteiger partial charge in [0.05, 0.1) is 28.2 Å². The number of nitrogens with one attached hydrogen (secondary N) is 1. The maximum absolute atomic E-state index is 12.7. The van der Waals surface area contributed by atoms with Gasteiger partial charge >= 0.3 is 0 Å². The predicted molar refractivity (Wildman–Crippen MR) is 86.7 cm³/mol. The molecule has 2 heterocycles. The van der Waals surface area contributed by atoms with Gasteiger partial charge < -0.3 is 10.2 Å². The highest BCUT2D eigenvalue weighted by molar-refractivity contribution is 6.32. The van der Waals surface area contributed by atoms with Crippen molar-refractivity contribution in [2.45, 2.75) is 13.3 Å². The summed E-state index contributed by atoms with van der Waals surface area (Å²) < 4.78 is 1.73. The number of rotatable bonds is 2. The van der Waals surface area contributed by atoms with Crippen molar-refractivity contribution in [3.8, 4) is 5.69 Å². The minimum Gasteiger partial charge on any atom is -0.337 e. The number of benzene rings is 1. The molecule has 1 aliphatic heterocycles. The predicted octanol–water partition coefficient (Wildman–Crippen LogP) is 2.27. The first-order chi connectivity index (χ1) is 10.7. The Morgan fingerprint density at radius 1 is 1.27 bits per heavy atom. The molecule has 0 aliphatic carbocycles. The maximum atomic E-state index is 12.7. The summed E-state index contributed by atoms with van der Waals surface area (Å²) in [6.07, 6.45) is 2.61. The van der Waals surface area contributed by atoms with Crippen LogP contribution in [0, 0.1) is 6.92 Å². The molecule has 2 aromatic rings. The molecule has 1 N–H and O–H groups in total. The summed E-state index contributed by atoms with van der Waals surface area (Å²) in [5, 5.41) is 8.28. The molecule has 0 bridgehead atoms. The number of para-hydroxylation sites is 1. The number of hydrogen-bond acceptors (Lipinski definition) is 3. The maximum Gasteiger partial charge on any atom is 0.257 e. The number of nitrogens with zero attached hydrogens (tertiary/aromatic N) is 3. The van der Waals surface area contributed by atoms with E-state index < -0.39 is 0 Å². The van der Waals surface area contributed by atoms with Crippen LogP contribution in [0.15, 0.2) is 30.5 Å². The molecular weight excluding hydrogens is 300 g/mol. The van der Waals surface area contributed by atoms with E-state index in [0.29, 0.717) is 10.6 Å². The Morgan fingerprint density at radius 3 is 2.91 bits per heavy atom. The van der Waals surface area contributed by atoms with Crippen molar-refractivity contribution in [1.29, 1.82) is 0 Å². The van der Waals surface area contributed by atoms with Crippen molar-refractivity contribution < 1.29 is 4.79 Å². The number of halogens is 1. The van der Waals surface area contributed by atoms with E-state index >= 15 is 0 Å². The van der Waals surface area contributed by atoms with E-state index in [-0.39, 0.29) is 5.91 Å². The van der Waals surface area contributed by atoms with E-state index in [1.54, 1.807) is 10.9 Å². The van der Waals surface area contributed by atoms with Crippen molar-refractivity contribution >= 4 is 17.5 Å². The summed E-state index contributed by atoms with van der Waals surface area (Å²) in [6.45, 7) is 5.21. The van der Waals surface area contributed by atoms with Crippen LogP contribution in [0.25, 0.3) is 5.69 Å². The second-order valence-electron chi connectivity index (χ2n) is 5.40. The van der Waals surface area contributed by atoms with Crippen LogP contribution in [0.5, 0.6) is 0 Å². The minimum absolute atomic E-state index is 0.0412. The molecule has 0 unspecified atom stereocenters. The van der Waals surface area contributed by atoms with Crippen molar-refractivity contribution in [2.24, 2.45) is 0 Å². The Morgan fingerprint density at radius 2 is 2.09 bits per heavy atom. The molecule has 1 aromatic carbocycles. The van der Waals surface area contributed by atoms with E-state index in [1.165, 1.54) is 0 Å². The minimum atomic E-state index is 0.0412. The number of amides is 1. The highest BCUT2D eigenvalue weighted by atomic mass is 35.5. The molecule has 1 fully saturated rings. The third-order valence-electron chi connectivity index (χ3n) is 3.95. The first kappa shape index (κ1) is 15.1. The summed E-state index contributed by atoms with van der Waals surface area (Å²) in [4.78, 5) is 14.6. The fourth-order valence-corrected chi connectivity index (χ4v) is 2.92. The van der Waals surface area contributed by atoms with Gasteiger partial charge in [-0.1, -0.05) is 23.7 Å². The zero-order chi connectivity index (χ0) is 15.5. The van der Waals surface area contributed by atoms with Gasteiger partial charge in [-0.2, -0.15) is 5.10 Å². The van der Waals surface area contributed by atoms with Crippen LogP contribution in [-0.2, 0) is 0 Å². The molecule has 1 aromatic heterocycles. The largest absolute Gasteiger partial charge is 0.337 e. The van der Waals surface area contributed by atoms with Crippen molar-refractivity contribution in [2.75, 3.05) is 26.2 Å². The summed E-state index contributed by atoms with van der Waals surface area (Å²) in [5.41, 5.74) is 2.25. The van der Waals surface area contributed by atoms with Gasteiger partial charge in [0.15, 0.2) is 0 Å². The van der Waals surface area contributed by atoms with Crippen molar-refractivity contribution in [1.82, 2.24) is 20.0 Å². The van der Waals surface area contributed by atoms with Crippen LogP contribution < -0.4 is 5.32 Å². The van der Waals surface area contributed by atoms with Crippen LogP contribution >= 0.6 is 11.6 Å². The molecule has 116 valence electrons. The third-order valence-corrected chi connectivity index (χ3v) is 4.27. The quantitative estimate of drug-likeness (QED) is 0.924. The highest BCUT2D eigenvalue weighted by Crippen LogP contribution is 2.22. The lowest BCUT2D eigenvalue weighted by atomic mass is 10.2. The Hall–Kier alpha value is -1.85. The van der Waals surface area contributed by atoms with E-state index in [9.17, 15) is 4.79 Å². The second kappa shape index (κ2) is 6.50. The van der Waals surface area contributed by atoms with Crippen LogP contribution in [0.3, 0.4) is 0 Å². The van der Waals surface area contributed by atoms with Gasteiger partial charge in [-0.05, 0) is 32.0 Å². The molecule has 0 radical (unpaired) electrons. The smallest absolute Gasteiger partial charge is 0.257 e. The first-order valence-corrected chi connectivity index (χ1v) is 7.86. The van der Waals surface area contributed by atoms with E-state index in [4.69, 9.17) is 11.6 Å². The summed E-state index contributed by atoms with van der Waals surface area (Å²) in [7, 11) is 0. The molecule has 1 amide bonds. The van der Waals surface area contributed by atoms with Crippen LogP contribution in [0.4, 0.5) is 0 Å². The molecule has 5 nitrogen and oxygen atoms in total. The zero-order valence-corrected chi connectivity index (χ0v) is 13.3. The lowest BCUT2D eigenvalue weighted by Gasteiger charge is -2.19. The van der Waals surface area contributed by atoms with Crippen LogP contribution in [0.1, 0.15) is 22.5 Å². The molecule has 1 saturated heterocycles. The average molecular weight is 319 g/mol.